The van der Waals surface area contributed by atoms with Crippen molar-refractivity contribution >= 4 is 38.4 Å². The van der Waals surface area contributed by atoms with Gasteiger partial charge in [-0.1, -0.05) is 30.3 Å². The quantitative estimate of drug-likeness (QED) is 0.116. The van der Waals surface area contributed by atoms with Gasteiger partial charge in [0.25, 0.3) is 5.69 Å². The fraction of sp³-hybridized carbons (Fsp3) is 0.222. The van der Waals surface area contributed by atoms with Crippen molar-refractivity contribution < 1.29 is 35.7 Å². The Labute approximate surface area is 194 Å². The smallest absolute Gasteiger partial charge is 0.485 e. The topological polar surface area (TPSA) is 122 Å². The van der Waals surface area contributed by atoms with E-state index in [-0.39, 0.29) is 11.7 Å². The highest BCUT2D eigenvalue weighted by molar-refractivity contribution is 14.1. The van der Waals surface area contributed by atoms with Gasteiger partial charge in [-0.3, -0.25) is 10.1 Å². The maximum Gasteiger partial charge on any atom is 0.485 e. The average Bonchev–Trinajstić information content (AvgIpc) is 3.01. The van der Waals surface area contributed by atoms with E-state index in [0.29, 0.717) is 0 Å². The van der Waals surface area contributed by atoms with Crippen LogP contribution in [0, 0.1) is 13.8 Å². The lowest BCUT2D eigenvalue weighted by atomic mass is 10.1. The highest BCUT2D eigenvalue weighted by Gasteiger charge is 2.37. The Kier molecular flexibility index (Phi) is 7.95. The van der Waals surface area contributed by atoms with Crippen molar-refractivity contribution in [2.45, 2.75) is 18.5 Å². The van der Waals surface area contributed by atoms with E-state index < -0.39 is 20.5 Å². The van der Waals surface area contributed by atoms with E-state index in [2.05, 4.69) is 46.9 Å². The Hall–Kier alpha value is -2.59. The molecule has 1 aromatic heterocycles. The molecule has 172 valence electrons. The number of rotatable bonds is 4. The molecule has 0 unspecified atom stereocenters. The molecule has 0 saturated heterocycles. The first kappa shape index (κ1) is 25.7. The van der Waals surface area contributed by atoms with Crippen LogP contribution in [0.5, 0.6) is 0 Å². The summed E-state index contributed by atoms with van der Waals surface area (Å²) in [6.07, 6.45) is 0. The molecule has 0 spiro atoms. The van der Waals surface area contributed by atoms with Crippen molar-refractivity contribution in [2.24, 2.45) is 7.05 Å². The summed E-state index contributed by atoms with van der Waals surface area (Å²) in [5, 5.41) is 15.4. The lowest BCUT2D eigenvalue weighted by Gasteiger charge is -2.08. The van der Waals surface area contributed by atoms with Gasteiger partial charge in [0.05, 0.1) is 10.1 Å². The maximum atomic E-state index is 10.8. The molecule has 2 aromatic carbocycles. The molecule has 0 aliphatic rings. The Morgan fingerprint density at radius 2 is 1.62 bits per heavy atom. The molecular weight excluding hydrogens is 568 g/mol. The Balaban J connectivity index is 0.000000390. The minimum absolute atomic E-state index is 0.0847. The number of non-ortho nitro benzene ring substituents is 1. The third-order valence-corrected chi connectivity index (χ3v) is 5.81. The monoisotopic (exact) mass is 584 g/mol. The second-order valence-corrected chi connectivity index (χ2v) is 8.78. The number of halogens is 4. The van der Waals surface area contributed by atoms with Gasteiger partial charge in [-0.15, -0.1) is 9.36 Å². The van der Waals surface area contributed by atoms with Gasteiger partial charge in [0.2, 0.25) is 9.39 Å². The third-order valence-electron chi connectivity index (χ3n) is 4.23. The van der Waals surface area contributed by atoms with E-state index in [0.717, 1.165) is 15.0 Å². The number of benzene rings is 2. The number of alkyl halides is 3. The van der Waals surface area contributed by atoms with Crippen LogP contribution in [0.1, 0.15) is 18.5 Å². The van der Waals surface area contributed by atoms with E-state index in [1.54, 1.807) is 12.1 Å². The minimum Gasteiger partial charge on any atom is -0.741 e. The SMILES string of the molecule is C[C@H](c1ccccc1)n1n[n+](C)c(-c2ccc([N+](=O)[O-])cc2)c1I.O=S(=O)([O-])C(F)(F)F. The molecule has 9 nitrogen and oxygen atoms in total. The predicted molar refractivity (Wildman–Crippen MR) is 114 cm³/mol. The van der Waals surface area contributed by atoms with Crippen molar-refractivity contribution in [2.75, 3.05) is 0 Å². The predicted octanol–water partition coefficient (Wildman–Crippen LogP) is 3.55. The van der Waals surface area contributed by atoms with Crippen LogP contribution in [0.2, 0.25) is 0 Å². The second kappa shape index (κ2) is 9.91. The van der Waals surface area contributed by atoms with E-state index in [9.17, 15) is 23.3 Å². The third kappa shape index (κ3) is 6.01. The van der Waals surface area contributed by atoms with Crippen LogP contribution in [-0.4, -0.2) is 33.3 Å². The molecular formula is C18H16F3IN4O5S. The van der Waals surface area contributed by atoms with E-state index in [1.165, 1.54) is 17.7 Å². The first-order valence-corrected chi connectivity index (χ1v) is 11.2. The van der Waals surface area contributed by atoms with Crippen molar-refractivity contribution in [1.29, 1.82) is 0 Å². The molecule has 3 rings (SSSR count). The van der Waals surface area contributed by atoms with Gasteiger partial charge >= 0.3 is 5.51 Å². The van der Waals surface area contributed by atoms with E-state index >= 15 is 0 Å². The van der Waals surface area contributed by atoms with Gasteiger partial charge in [0.1, 0.15) is 13.1 Å². The Morgan fingerprint density at radius 1 is 1.12 bits per heavy atom. The number of hydrogen-bond donors (Lipinski definition) is 0. The number of hydrogen-bond acceptors (Lipinski definition) is 6. The molecule has 1 atom stereocenters. The molecule has 32 heavy (non-hydrogen) atoms. The molecule has 0 N–H and O–H groups in total. The summed E-state index contributed by atoms with van der Waals surface area (Å²) in [4.78, 5) is 10.4. The molecule has 0 aliphatic carbocycles. The number of aryl methyl sites for hydroxylation is 1. The highest BCUT2D eigenvalue weighted by atomic mass is 127. The standard InChI is InChI=1S/C17H16IN4O2.CHF3O3S/c1-12(13-6-4-3-5-7-13)21-17(18)16(20(2)19-21)14-8-10-15(11-9-14)22(23)24;2-1(3,4)8(5,6)7/h3-12H,1-2H3;(H,5,6,7)/q+1;/p-1/t12-;/m1./s1. The fourth-order valence-electron chi connectivity index (χ4n) is 2.64. The molecule has 14 heteroatoms. The highest BCUT2D eigenvalue weighted by Crippen LogP contribution is 2.27. The Morgan fingerprint density at radius 3 is 2.06 bits per heavy atom. The van der Waals surface area contributed by atoms with Gasteiger partial charge in [-0.25, -0.2) is 8.42 Å². The van der Waals surface area contributed by atoms with Crippen LogP contribution in [0.25, 0.3) is 11.3 Å². The second-order valence-electron chi connectivity index (χ2n) is 6.39. The molecule has 0 radical (unpaired) electrons. The average molecular weight is 584 g/mol. The molecule has 0 aliphatic heterocycles. The number of nitro groups is 1. The van der Waals surface area contributed by atoms with Gasteiger partial charge < -0.3 is 4.55 Å². The van der Waals surface area contributed by atoms with Crippen molar-refractivity contribution in [3.05, 3.63) is 74.0 Å². The van der Waals surface area contributed by atoms with Crippen molar-refractivity contribution in [3.63, 3.8) is 0 Å². The van der Waals surface area contributed by atoms with Crippen LogP contribution in [0.4, 0.5) is 18.9 Å². The molecule has 0 fully saturated rings. The number of aromatic nitrogens is 3. The summed E-state index contributed by atoms with van der Waals surface area (Å²) in [5.74, 6) is 0. The first-order chi connectivity index (χ1) is 14.7. The molecule has 3 aromatic rings. The summed E-state index contributed by atoms with van der Waals surface area (Å²) < 4.78 is 63.7. The zero-order valence-corrected chi connectivity index (χ0v) is 19.5. The summed E-state index contributed by atoms with van der Waals surface area (Å²) in [6.45, 7) is 2.10. The molecule has 1 heterocycles. The largest absolute Gasteiger partial charge is 0.741 e. The van der Waals surface area contributed by atoms with Crippen LogP contribution in [0.15, 0.2) is 54.6 Å². The van der Waals surface area contributed by atoms with Crippen molar-refractivity contribution in [1.82, 2.24) is 9.90 Å². The minimum atomic E-state index is -6.09. The van der Waals surface area contributed by atoms with Crippen LogP contribution >= 0.6 is 22.6 Å². The number of nitrogens with zero attached hydrogens (tertiary/aromatic N) is 4. The summed E-state index contributed by atoms with van der Waals surface area (Å²) in [6, 6.07) is 16.8. The van der Waals surface area contributed by atoms with Crippen molar-refractivity contribution in [3.8, 4) is 11.3 Å². The normalized spacial score (nSPS) is 12.6. The zero-order chi connectivity index (χ0) is 24.3. The lowest BCUT2D eigenvalue weighted by molar-refractivity contribution is -0.722. The van der Waals surface area contributed by atoms with E-state index in [1.807, 2.05) is 34.6 Å². The van der Waals surface area contributed by atoms with Crippen LogP contribution < -0.4 is 4.68 Å². The molecule has 0 bridgehead atoms. The first-order valence-electron chi connectivity index (χ1n) is 8.70. The van der Waals surface area contributed by atoms with Crippen LogP contribution in [0.3, 0.4) is 0 Å². The van der Waals surface area contributed by atoms with Gasteiger partial charge in [0, 0.05) is 40.3 Å². The summed E-state index contributed by atoms with van der Waals surface area (Å²) in [7, 11) is -4.21. The Bertz CT molecular complexity index is 1200. The van der Waals surface area contributed by atoms with E-state index in [4.69, 9.17) is 13.0 Å². The maximum absolute atomic E-state index is 10.8. The lowest BCUT2D eigenvalue weighted by Crippen LogP contribution is -2.33. The zero-order valence-electron chi connectivity index (χ0n) is 16.5. The molecule has 0 amide bonds. The summed E-state index contributed by atoms with van der Waals surface area (Å²) in [5.41, 5.74) is -2.55. The molecule has 0 saturated carbocycles. The van der Waals surface area contributed by atoms with Gasteiger partial charge in [0.15, 0.2) is 10.1 Å². The fourth-order valence-corrected chi connectivity index (χ4v) is 3.81. The number of nitro benzene ring substituents is 1. The van der Waals surface area contributed by atoms with Gasteiger partial charge in [-0.05, 0) is 24.6 Å². The van der Waals surface area contributed by atoms with Crippen LogP contribution in [-0.2, 0) is 17.2 Å². The van der Waals surface area contributed by atoms with Gasteiger partial charge in [-0.2, -0.15) is 13.2 Å². The summed E-state index contributed by atoms with van der Waals surface area (Å²) >= 11 is 2.28.